The first-order valence-electron chi connectivity index (χ1n) is 23.0. The summed E-state index contributed by atoms with van der Waals surface area (Å²) in [4.78, 5) is 24.0. The van der Waals surface area contributed by atoms with E-state index in [9.17, 15) is 0 Å². The fourth-order valence-corrected chi connectivity index (χ4v) is 8.95. The number of rotatable bonds is 10. The van der Waals surface area contributed by atoms with E-state index in [2.05, 4.69) is 127 Å². The summed E-state index contributed by atoms with van der Waals surface area (Å²) < 4.78 is 6.42. The molecule has 6 nitrogen and oxygen atoms in total. The number of hydrogen-bond acceptors (Lipinski definition) is 6. The normalized spacial score (nSPS) is 11.2. The molecule has 0 saturated heterocycles. The lowest BCUT2D eigenvalue weighted by molar-refractivity contribution is 0.483. The number of nitrogens with zero attached hydrogens (tertiary/aromatic N) is 5. The molecule has 0 N–H and O–H groups in total. The summed E-state index contributed by atoms with van der Waals surface area (Å²) in [6, 6.07) is 81.6. The van der Waals surface area contributed by atoms with Gasteiger partial charge in [-0.25, -0.2) is 15.0 Å². The summed E-state index contributed by atoms with van der Waals surface area (Å²) in [6.07, 6.45) is 3.72. The molecule has 0 bridgehead atoms. The molecule has 0 radical (unpaired) electrons. The van der Waals surface area contributed by atoms with E-state index in [0.29, 0.717) is 23.2 Å². The monoisotopic (exact) mass is 883 g/mol. The molecule has 0 aliphatic rings. The third kappa shape index (κ3) is 8.50. The lowest BCUT2D eigenvalue weighted by atomic mass is 9.91. The summed E-state index contributed by atoms with van der Waals surface area (Å²) in [7, 11) is 0. The Kier molecular flexibility index (Phi) is 10.8. The molecule has 0 aliphatic heterocycles. The van der Waals surface area contributed by atoms with E-state index in [-0.39, 0.29) is 0 Å². The van der Waals surface area contributed by atoms with E-state index in [0.717, 1.165) is 99.9 Å². The molecule has 0 unspecified atom stereocenters. The van der Waals surface area contributed by atoms with Gasteiger partial charge in [0, 0.05) is 51.0 Å². The molecule has 0 fully saturated rings. The van der Waals surface area contributed by atoms with Crippen molar-refractivity contribution in [3.8, 4) is 101 Å². The second-order valence-electron chi connectivity index (χ2n) is 16.9. The van der Waals surface area contributed by atoms with E-state index < -0.39 is 0 Å². The van der Waals surface area contributed by atoms with Crippen LogP contribution in [0.15, 0.2) is 249 Å². The summed E-state index contributed by atoms with van der Waals surface area (Å²) in [5, 5.41) is 2.25. The Morgan fingerprint density at radius 3 is 0.986 bits per heavy atom. The molecular formula is C63H41N5O. The standard InChI is InChI=1S/C63H41N5O/c1-3-11-49(12-4-1)61-66-62(50-13-5-2-6-14-50)68-63(67-61)51-31-35-56(36-32-51)69-55-33-29-44(30-34-55)54-40-52(42-21-25-45(26-22-42)57-19-7-15-47-17-9-37-64-59(47)57)39-53(41-54)43-23-27-46(28-24-43)58-20-8-16-48-18-10-38-65-60(48)58/h1-41H. The Morgan fingerprint density at radius 2 is 0.580 bits per heavy atom. The second-order valence-corrected chi connectivity index (χ2v) is 16.9. The Morgan fingerprint density at radius 1 is 0.246 bits per heavy atom. The zero-order valence-electron chi connectivity index (χ0n) is 37.3. The molecule has 0 aliphatic carbocycles. The van der Waals surface area contributed by atoms with Crippen molar-refractivity contribution in [3.63, 3.8) is 0 Å². The van der Waals surface area contributed by atoms with E-state index in [1.807, 2.05) is 122 Å². The molecule has 0 amide bonds. The van der Waals surface area contributed by atoms with Gasteiger partial charge in [-0.1, -0.05) is 170 Å². The number of ether oxygens (including phenoxy) is 1. The molecular weight excluding hydrogens is 843 g/mol. The van der Waals surface area contributed by atoms with Gasteiger partial charge in [0.1, 0.15) is 11.5 Å². The number of fused-ring (bicyclic) bond motifs is 2. The highest BCUT2D eigenvalue weighted by molar-refractivity contribution is 5.95. The van der Waals surface area contributed by atoms with Gasteiger partial charge in [-0.15, -0.1) is 0 Å². The van der Waals surface area contributed by atoms with E-state index >= 15 is 0 Å². The van der Waals surface area contributed by atoms with Crippen molar-refractivity contribution in [2.24, 2.45) is 0 Å². The molecule has 324 valence electrons. The Labute approximate surface area is 400 Å². The molecule has 12 aromatic rings. The minimum absolute atomic E-state index is 0.594. The van der Waals surface area contributed by atoms with Gasteiger partial charge in [0.2, 0.25) is 0 Å². The number of aromatic nitrogens is 5. The van der Waals surface area contributed by atoms with Crippen molar-refractivity contribution in [2.75, 3.05) is 0 Å². The first-order valence-corrected chi connectivity index (χ1v) is 23.0. The predicted octanol–water partition coefficient (Wildman–Crippen LogP) is 16.1. The molecule has 12 rings (SSSR count). The predicted molar refractivity (Wildman–Crippen MR) is 280 cm³/mol. The Hall–Kier alpha value is -9.39. The summed E-state index contributed by atoms with van der Waals surface area (Å²) >= 11 is 0. The second kappa shape index (κ2) is 18.1. The molecule has 0 atom stereocenters. The van der Waals surface area contributed by atoms with Crippen molar-refractivity contribution in [1.29, 1.82) is 0 Å². The zero-order valence-corrected chi connectivity index (χ0v) is 37.3. The molecule has 3 heterocycles. The van der Waals surface area contributed by atoms with Gasteiger partial charge in [0.15, 0.2) is 17.5 Å². The quantitative estimate of drug-likeness (QED) is 0.136. The Balaban J connectivity index is 0.848. The number of benzene rings is 9. The highest BCUT2D eigenvalue weighted by Gasteiger charge is 2.14. The maximum Gasteiger partial charge on any atom is 0.164 e. The third-order valence-corrected chi connectivity index (χ3v) is 12.5. The number of hydrogen-bond donors (Lipinski definition) is 0. The van der Waals surface area contributed by atoms with Gasteiger partial charge >= 0.3 is 0 Å². The van der Waals surface area contributed by atoms with Crippen LogP contribution in [0.25, 0.3) is 112 Å². The van der Waals surface area contributed by atoms with Crippen LogP contribution in [0.3, 0.4) is 0 Å². The molecule has 9 aromatic carbocycles. The fraction of sp³-hybridized carbons (Fsp3) is 0. The van der Waals surface area contributed by atoms with Crippen molar-refractivity contribution in [2.45, 2.75) is 0 Å². The van der Waals surface area contributed by atoms with Crippen LogP contribution in [0.1, 0.15) is 0 Å². The molecule has 69 heavy (non-hydrogen) atoms. The van der Waals surface area contributed by atoms with Gasteiger partial charge in [-0.2, -0.15) is 0 Å². The van der Waals surface area contributed by atoms with Gasteiger partial charge in [0.25, 0.3) is 0 Å². The lowest BCUT2D eigenvalue weighted by Gasteiger charge is -2.14. The summed E-state index contributed by atoms with van der Waals surface area (Å²) in [6.45, 7) is 0. The highest BCUT2D eigenvalue weighted by Crippen LogP contribution is 2.37. The van der Waals surface area contributed by atoms with Crippen molar-refractivity contribution < 1.29 is 4.74 Å². The topological polar surface area (TPSA) is 73.7 Å². The van der Waals surface area contributed by atoms with Crippen molar-refractivity contribution in [3.05, 3.63) is 249 Å². The minimum Gasteiger partial charge on any atom is -0.457 e. The lowest BCUT2D eigenvalue weighted by Crippen LogP contribution is -2.00. The number of pyridine rings is 2. The first kappa shape index (κ1) is 41.1. The maximum absolute atomic E-state index is 6.42. The summed E-state index contributed by atoms with van der Waals surface area (Å²) in [5.41, 5.74) is 15.9. The van der Waals surface area contributed by atoms with E-state index in [1.165, 1.54) is 0 Å². The van der Waals surface area contributed by atoms with Crippen molar-refractivity contribution >= 4 is 21.8 Å². The van der Waals surface area contributed by atoms with Crippen LogP contribution in [0.4, 0.5) is 0 Å². The fourth-order valence-electron chi connectivity index (χ4n) is 8.95. The molecule has 0 spiro atoms. The van der Waals surface area contributed by atoms with Crippen molar-refractivity contribution in [1.82, 2.24) is 24.9 Å². The first-order chi connectivity index (χ1) is 34.1. The SMILES string of the molecule is c1ccc(-c2nc(-c3ccccc3)nc(-c3ccc(Oc4ccc(-c5cc(-c6ccc(-c7cccc8cccnc78)cc6)cc(-c6ccc(-c7cccc8cccnc78)cc6)c5)cc4)cc3)n2)cc1. The average molecular weight is 884 g/mol. The minimum atomic E-state index is 0.594. The largest absolute Gasteiger partial charge is 0.457 e. The van der Waals surface area contributed by atoms with Gasteiger partial charge in [-0.05, 0) is 111 Å². The molecule has 6 heteroatoms. The third-order valence-electron chi connectivity index (χ3n) is 12.5. The van der Waals surface area contributed by atoms with Crippen LogP contribution < -0.4 is 4.74 Å². The van der Waals surface area contributed by atoms with Crippen LogP contribution in [0.2, 0.25) is 0 Å². The molecule has 0 saturated carbocycles. The van der Waals surface area contributed by atoms with Crippen LogP contribution in [-0.2, 0) is 0 Å². The zero-order chi connectivity index (χ0) is 45.9. The van der Waals surface area contributed by atoms with Gasteiger partial charge in [-0.3, -0.25) is 9.97 Å². The van der Waals surface area contributed by atoms with Crippen LogP contribution in [0, 0.1) is 0 Å². The van der Waals surface area contributed by atoms with Crippen LogP contribution >= 0.6 is 0 Å². The molecule has 3 aromatic heterocycles. The number of para-hydroxylation sites is 2. The van der Waals surface area contributed by atoms with E-state index in [4.69, 9.17) is 29.7 Å². The maximum atomic E-state index is 6.42. The highest BCUT2D eigenvalue weighted by atomic mass is 16.5. The van der Waals surface area contributed by atoms with Crippen LogP contribution in [-0.4, -0.2) is 24.9 Å². The average Bonchev–Trinajstić information content (AvgIpc) is 3.43. The van der Waals surface area contributed by atoms with E-state index in [1.54, 1.807) is 0 Å². The van der Waals surface area contributed by atoms with Crippen LogP contribution in [0.5, 0.6) is 11.5 Å². The van der Waals surface area contributed by atoms with Gasteiger partial charge in [0.05, 0.1) is 11.0 Å². The smallest absolute Gasteiger partial charge is 0.164 e. The Bertz CT molecular complexity index is 3560. The van der Waals surface area contributed by atoms with Gasteiger partial charge < -0.3 is 4.74 Å². The summed E-state index contributed by atoms with van der Waals surface area (Å²) in [5.74, 6) is 3.28.